The van der Waals surface area contributed by atoms with E-state index in [2.05, 4.69) is 24.0 Å². The van der Waals surface area contributed by atoms with Crippen LogP contribution in [0.1, 0.15) is 24.9 Å². The first-order valence-electron chi connectivity index (χ1n) is 4.64. The molecule has 1 aliphatic rings. The van der Waals surface area contributed by atoms with E-state index in [1.165, 1.54) is 5.56 Å². The number of nitrogens with zero attached hydrogens (tertiary/aromatic N) is 1. The second-order valence-electron chi connectivity index (χ2n) is 3.11. The largest absolute Gasteiger partial charge is 0.478 e. The molecule has 68 valence electrons. The maximum Gasteiger partial charge on any atom is 0.183 e. The minimum absolute atomic E-state index is 0.219. The summed E-state index contributed by atoms with van der Waals surface area (Å²) in [5.41, 5.74) is 1.24. The zero-order valence-electron chi connectivity index (χ0n) is 7.73. The van der Waals surface area contributed by atoms with Gasteiger partial charge in [-0.15, -0.1) is 0 Å². The van der Waals surface area contributed by atoms with E-state index < -0.39 is 0 Å². The Bertz CT molecular complexity index is 305. The van der Waals surface area contributed by atoms with Gasteiger partial charge in [0.1, 0.15) is 12.6 Å². The van der Waals surface area contributed by atoms with E-state index in [4.69, 9.17) is 4.74 Å². The molecule has 0 saturated heterocycles. The van der Waals surface area contributed by atoms with Crippen LogP contribution in [0.3, 0.4) is 0 Å². The van der Waals surface area contributed by atoms with E-state index in [-0.39, 0.29) is 6.04 Å². The fraction of sp³-hybridized carbons (Fsp3) is 0.364. The molecule has 0 radical (unpaired) electrons. The molecule has 0 amide bonds. The lowest BCUT2D eigenvalue weighted by molar-refractivity contribution is 0.313. The van der Waals surface area contributed by atoms with Gasteiger partial charge in [-0.25, -0.2) is 4.99 Å². The SMILES string of the molecule is CCC1=N[C@H](c2ccccc2)CO1. The van der Waals surface area contributed by atoms with Crippen LogP contribution in [0.2, 0.25) is 0 Å². The molecule has 2 nitrogen and oxygen atoms in total. The van der Waals surface area contributed by atoms with Gasteiger partial charge in [0.15, 0.2) is 5.90 Å². The van der Waals surface area contributed by atoms with E-state index in [0.717, 1.165) is 12.3 Å². The highest BCUT2D eigenvalue weighted by molar-refractivity contribution is 5.77. The quantitative estimate of drug-likeness (QED) is 0.677. The topological polar surface area (TPSA) is 21.6 Å². The first-order valence-corrected chi connectivity index (χ1v) is 4.64. The predicted octanol–water partition coefficient (Wildman–Crippen LogP) is 2.57. The second-order valence-corrected chi connectivity index (χ2v) is 3.11. The Kier molecular flexibility index (Phi) is 2.30. The van der Waals surface area contributed by atoms with E-state index in [1.54, 1.807) is 0 Å². The van der Waals surface area contributed by atoms with Crippen molar-refractivity contribution in [3.05, 3.63) is 35.9 Å². The maximum atomic E-state index is 5.42. The number of ether oxygens (including phenoxy) is 1. The van der Waals surface area contributed by atoms with Gasteiger partial charge in [-0.2, -0.15) is 0 Å². The van der Waals surface area contributed by atoms with Crippen molar-refractivity contribution < 1.29 is 4.74 Å². The van der Waals surface area contributed by atoms with Crippen molar-refractivity contribution >= 4 is 5.90 Å². The molecule has 0 fully saturated rings. The summed E-state index contributed by atoms with van der Waals surface area (Å²) in [6, 6.07) is 10.5. The monoisotopic (exact) mass is 175 g/mol. The van der Waals surface area contributed by atoms with Crippen LogP contribution >= 0.6 is 0 Å². The molecule has 0 aliphatic carbocycles. The van der Waals surface area contributed by atoms with Crippen molar-refractivity contribution in [1.29, 1.82) is 0 Å². The van der Waals surface area contributed by atoms with Gasteiger partial charge in [0.2, 0.25) is 0 Å². The van der Waals surface area contributed by atoms with Gasteiger partial charge in [0, 0.05) is 6.42 Å². The van der Waals surface area contributed by atoms with E-state index in [9.17, 15) is 0 Å². The highest BCUT2D eigenvalue weighted by Gasteiger charge is 2.18. The summed E-state index contributed by atoms with van der Waals surface area (Å²) < 4.78 is 5.42. The molecule has 1 heterocycles. The standard InChI is InChI=1S/C11H13NO/c1-2-11-12-10(8-13-11)9-6-4-3-5-7-9/h3-7,10H,2,8H2,1H3/t10-/m0/s1. The molecule has 0 bridgehead atoms. The first kappa shape index (κ1) is 8.30. The number of rotatable bonds is 2. The number of benzene rings is 1. The lowest BCUT2D eigenvalue weighted by Gasteiger charge is -2.03. The van der Waals surface area contributed by atoms with Gasteiger partial charge in [-0.05, 0) is 5.56 Å². The lowest BCUT2D eigenvalue weighted by atomic mass is 10.1. The minimum atomic E-state index is 0.219. The van der Waals surface area contributed by atoms with Crippen LogP contribution in [0.5, 0.6) is 0 Å². The number of aliphatic imine (C=N–C) groups is 1. The Morgan fingerprint density at radius 1 is 1.38 bits per heavy atom. The molecule has 2 rings (SSSR count). The molecule has 0 N–H and O–H groups in total. The van der Waals surface area contributed by atoms with E-state index in [0.29, 0.717) is 6.61 Å². The molecule has 1 atom stereocenters. The van der Waals surface area contributed by atoms with Crippen molar-refractivity contribution in [2.24, 2.45) is 4.99 Å². The van der Waals surface area contributed by atoms with Crippen LogP contribution in [0, 0.1) is 0 Å². The average molecular weight is 175 g/mol. The van der Waals surface area contributed by atoms with Gasteiger partial charge in [0.25, 0.3) is 0 Å². The molecule has 13 heavy (non-hydrogen) atoms. The molecule has 1 aliphatic heterocycles. The summed E-state index contributed by atoms with van der Waals surface area (Å²) in [5.74, 6) is 0.883. The third-order valence-electron chi connectivity index (χ3n) is 2.19. The van der Waals surface area contributed by atoms with Crippen LogP contribution in [-0.4, -0.2) is 12.5 Å². The Labute approximate surface area is 78.3 Å². The molecule has 0 saturated carbocycles. The fourth-order valence-corrected chi connectivity index (χ4v) is 1.46. The number of hydrogen-bond donors (Lipinski definition) is 0. The summed E-state index contributed by atoms with van der Waals surface area (Å²) in [7, 11) is 0. The smallest absolute Gasteiger partial charge is 0.183 e. The molecular formula is C11H13NO. The van der Waals surface area contributed by atoms with Crippen molar-refractivity contribution in [2.75, 3.05) is 6.61 Å². The van der Waals surface area contributed by atoms with Crippen LogP contribution < -0.4 is 0 Å². The summed E-state index contributed by atoms with van der Waals surface area (Å²) in [6.07, 6.45) is 0.892. The normalized spacial score (nSPS) is 21.0. The summed E-state index contributed by atoms with van der Waals surface area (Å²) in [4.78, 5) is 4.47. The Morgan fingerprint density at radius 3 is 2.77 bits per heavy atom. The van der Waals surface area contributed by atoms with Gasteiger partial charge < -0.3 is 4.74 Å². The average Bonchev–Trinajstić information content (AvgIpc) is 2.67. The van der Waals surface area contributed by atoms with E-state index in [1.807, 2.05) is 18.2 Å². The highest BCUT2D eigenvalue weighted by Crippen LogP contribution is 2.22. The molecule has 1 aromatic carbocycles. The van der Waals surface area contributed by atoms with Gasteiger partial charge in [0.05, 0.1) is 0 Å². The maximum absolute atomic E-state index is 5.42. The zero-order valence-corrected chi connectivity index (χ0v) is 7.73. The predicted molar refractivity (Wildman–Crippen MR) is 52.9 cm³/mol. The molecular weight excluding hydrogens is 162 g/mol. The fourth-order valence-electron chi connectivity index (χ4n) is 1.46. The van der Waals surface area contributed by atoms with Crippen molar-refractivity contribution in [3.8, 4) is 0 Å². The number of hydrogen-bond acceptors (Lipinski definition) is 2. The highest BCUT2D eigenvalue weighted by atomic mass is 16.5. The van der Waals surface area contributed by atoms with Crippen LogP contribution in [0.4, 0.5) is 0 Å². The van der Waals surface area contributed by atoms with Crippen LogP contribution in [-0.2, 0) is 4.74 Å². The second kappa shape index (κ2) is 3.60. The molecule has 1 aromatic rings. The Hall–Kier alpha value is -1.31. The first-order chi connectivity index (χ1) is 6.40. The third kappa shape index (κ3) is 1.72. The molecule has 0 unspecified atom stereocenters. The van der Waals surface area contributed by atoms with Gasteiger partial charge in [-0.1, -0.05) is 37.3 Å². The zero-order chi connectivity index (χ0) is 9.10. The molecule has 2 heteroatoms. The third-order valence-corrected chi connectivity index (χ3v) is 2.19. The van der Waals surface area contributed by atoms with Crippen molar-refractivity contribution in [2.45, 2.75) is 19.4 Å². The summed E-state index contributed by atoms with van der Waals surface area (Å²) in [6.45, 7) is 2.76. The lowest BCUT2D eigenvalue weighted by Crippen LogP contribution is -1.97. The van der Waals surface area contributed by atoms with Crippen LogP contribution in [0.15, 0.2) is 35.3 Å². The Balaban J connectivity index is 2.16. The Morgan fingerprint density at radius 2 is 2.15 bits per heavy atom. The van der Waals surface area contributed by atoms with Gasteiger partial charge in [-0.3, -0.25) is 0 Å². The van der Waals surface area contributed by atoms with Crippen molar-refractivity contribution in [3.63, 3.8) is 0 Å². The summed E-state index contributed by atoms with van der Waals surface area (Å²) in [5, 5.41) is 0. The van der Waals surface area contributed by atoms with Gasteiger partial charge >= 0.3 is 0 Å². The van der Waals surface area contributed by atoms with E-state index >= 15 is 0 Å². The molecule has 0 spiro atoms. The molecule has 0 aromatic heterocycles. The van der Waals surface area contributed by atoms with Crippen LogP contribution in [0.25, 0.3) is 0 Å². The van der Waals surface area contributed by atoms with Crippen molar-refractivity contribution in [1.82, 2.24) is 0 Å². The minimum Gasteiger partial charge on any atom is -0.478 e. The summed E-state index contributed by atoms with van der Waals surface area (Å²) >= 11 is 0.